The van der Waals surface area contributed by atoms with E-state index in [-0.39, 0.29) is 37.5 Å². The first-order valence-corrected chi connectivity index (χ1v) is 9.33. The van der Waals surface area contributed by atoms with E-state index >= 15 is 0 Å². The van der Waals surface area contributed by atoms with E-state index in [2.05, 4.69) is 0 Å². The lowest BCUT2D eigenvalue weighted by Crippen LogP contribution is -2.51. The van der Waals surface area contributed by atoms with Crippen molar-refractivity contribution in [1.82, 2.24) is 4.90 Å². The van der Waals surface area contributed by atoms with Gasteiger partial charge in [0.2, 0.25) is 0 Å². The first-order valence-electron chi connectivity index (χ1n) is 9.33. The molecule has 2 atom stereocenters. The second kappa shape index (κ2) is 9.89. The topological polar surface area (TPSA) is 85.8 Å². The van der Waals surface area contributed by atoms with Crippen molar-refractivity contribution in [2.75, 3.05) is 20.2 Å². The lowest BCUT2D eigenvalue weighted by atomic mass is 10.0. The molecule has 2 heterocycles. The summed E-state index contributed by atoms with van der Waals surface area (Å²) in [6, 6.07) is 8.93. The first-order chi connectivity index (χ1) is 13.4. The number of alkyl halides is 1. The molecule has 0 aliphatic carbocycles. The molecule has 8 heteroatoms. The Morgan fingerprint density at radius 3 is 2.55 bits per heavy atom. The number of ether oxygens (including phenoxy) is 1. The normalized spacial score (nSPS) is 18.8. The van der Waals surface area contributed by atoms with Gasteiger partial charge in [-0.05, 0) is 49.1 Å². The molecule has 0 unspecified atom stereocenters. The number of rotatable bonds is 5. The van der Waals surface area contributed by atoms with Crippen LogP contribution in [-0.2, 0) is 12.8 Å². The van der Waals surface area contributed by atoms with Crippen LogP contribution in [0.5, 0.6) is 5.75 Å². The van der Waals surface area contributed by atoms with Crippen LogP contribution in [0.4, 0.5) is 4.39 Å². The summed E-state index contributed by atoms with van der Waals surface area (Å²) in [7, 11) is 1.61. The molecule has 3 rings (SSSR count). The fraction of sp³-hybridized carbons (Fsp3) is 0.429. The summed E-state index contributed by atoms with van der Waals surface area (Å²) in [5, 5.41) is 0. The van der Waals surface area contributed by atoms with Crippen molar-refractivity contribution in [2.24, 2.45) is 5.73 Å². The Morgan fingerprint density at radius 2 is 1.97 bits per heavy atom. The fourth-order valence-corrected chi connectivity index (χ4v) is 3.51. The minimum absolute atomic E-state index is 0. The number of hydrogen-bond acceptors (Lipinski definition) is 5. The first kappa shape index (κ1) is 22.9. The Kier molecular flexibility index (Phi) is 7.81. The lowest BCUT2D eigenvalue weighted by Gasteiger charge is -2.32. The Hall–Kier alpha value is -2.38. The van der Waals surface area contributed by atoms with Crippen molar-refractivity contribution in [3.05, 3.63) is 63.2 Å². The third-order valence-electron chi connectivity index (χ3n) is 4.95. The number of benzene rings is 1. The largest absolute Gasteiger partial charge is 0.497 e. The van der Waals surface area contributed by atoms with Crippen LogP contribution in [0.1, 0.15) is 33.7 Å². The van der Waals surface area contributed by atoms with Crippen LogP contribution < -0.4 is 16.1 Å². The monoisotopic (exact) mass is 424 g/mol. The molecule has 1 amide bonds. The predicted molar refractivity (Wildman–Crippen MR) is 111 cm³/mol. The van der Waals surface area contributed by atoms with Crippen LogP contribution in [0, 0.1) is 6.92 Å². The second-order valence-corrected chi connectivity index (χ2v) is 7.21. The zero-order chi connectivity index (χ0) is 20.3. The summed E-state index contributed by atoms with van der Waals surface area (Å²) < 4.78 is 24.3. The van der Waals surface area contributed by atoms with Gasteiger partial charge in [0.25, 0.3) is 5.91 Å². The Balaban J connectivity index is 0.00000300. The third kappa shape index (κ3) is 5.58. The minimum atomic E-state index is -1.18. The van der Waals surface area contributed by atoms with E-state index in [9.17, 15) is 14.0 Å². The summed E-state index contributed by atoms with van der Waals surface area (Å²) in [5.74, 6) is 0.765. The molecule has 1 saturated heterocycles. The number of carbonyl (C=O) groups excluding carboxylic acids is 1. The third-order valence-corrected chi connectivity index (χ3v) is 4.95. The molecular weight excluding hydrogens is 399 g/mol. The number of hydrogen-bond donors (Lipinski definition) is 1. The Morgan fingerprint density at radius 1 is 1.28 bits per heavy atom. The Labute approximate surface area is 175 Å². The molecule has 1 aromatic carbocycles. The average molecular weight is 425 g/mol. The van der Waals surface area contributed by atoms with Crippen LogP contribution in [-0.4, -0.2) is 43.2 Å². The molecule has 0 saturated carbocycles. The van der Waals surface area contributed by atoms with Crippen molar-refractivity contribution in [2.45, 2.75) is 38.4 Å². The van der Waals surface area contributed by atoms with Gasteiger partial charge < -0.3 is 19.8 Å². The van der Waals surface area contributed by atoms with Crippen LogP contribution in [0.25, 0.3) is 0 Å². The van der Waals surface area contributed by atoms with Gasteiger partial charge in [0.05, 0.1) is 13.7 Å². The van der Waals surface area contributed by atoms with Crippen LogP contribution in [0.3, 0.4) is 0 Å². The highest BCUT2D eigenvalue weighted by Crippen LogP contribution is 2.18. The number of piperidine rings is 1. The fourth-order valence-electron chi connectivity index (χ4n) is 3.51. The van der Waals surface area contributed by atoms with E-state index in [1.165, 1.54) is 4.90 Å². The van der Waals surface area contributed by atoms with Gasteiger partial charge in [-0.3, -0.25) is 4.79 Å². The highest BCUT2D eigenvalue weighted by Gasteiger charge is 2.31. The van der Waals surface area contributed by atoms with Gasteiger partial charge in [-0.15, -0.1) is 12.4 Å². The highest BCUT2D eigenvalue weighted by molar-refractivity contribution is 5.95. The van der Waals surface area contributed by atoms with Crippen molar-refractivity contribution >= 4 is 18.3 Å². The van der Waals surface area contributed by atoms with E-state index in [0.717, 1.165) is 11.3 Å². The van der Waals surface area contributed by atoms with Crippen molar-refractivity contribution in [3.8, 4) is 5.75 Å². The maximum absolute atomic E-state index is 13.8. The summed E-state index contributed by atoms with van der Waals surface area (Å²) in [6.07, 6.45) is 0.257. The maximum Gasteiger partial charge on any atom is 0.349 e. The van der Waals surface area contributed by atoms with Gasteiger partial charge in [-0.25, -0.2) is 9.18 Å². The summed E-state index contributed by atoms with van der Waals surface area (Å²) >= 11 is 0. The molecule has 2 aromatic rings. The molecule has 0 radical (unpaired) electrons. The van der Waals surface area contributed by atoms with Gasteiger partial charge in [-0.1, -0.05) is 12.1 Å². The SMILES string of the molecule is COc1ccc(CCc2cc(C)c(C(=O)N3C[C@@H](N)C[C@@H](F)C3)c(=O)o2)cc1.Cl. The molecule has 1 aliphatic rings. The Bertz CT molecular complexity index is 891. The van der Waals surface area contributed by atoms with Crippen molar-refractivity contribution in [3.63, 3.8) is 0 Å². The zero-order valence-corrected chi connectivity index (χ0v) is 17.3. The number of nitrogens with two attached hydrogens (primary N) is 1. The molecule has 0 bridgehead atoms. The number of nitrogens with zero attached hydrogens (tertiary/aromatic N) is 1. The maximum atomic E-state index is 13.8. The van der Waals surface area contributed by atoms with E-state index in [1.54, 1.807) is 20.1 Å². The predicted octanol–water partition coefficient (Wildman–Crippen LogP) is 2.68. The van der Waals surface area contributed by atoms with Crippen LogP contribution in [0.2, 0.25) is 0 Å². The quantitative estimate of drug-likeness (QED) is 0.797. The zero-order valence-electron chi connectivity index (χ0n) is 16.5. The van der Waals surface area contributed by atoms with E-state index < -0.39 is 23.7 Å². The molecule has 158 valence electrons. The molecule has 1 fully saturated rings. The second-order valence-electron chi connectivity index (χ2n) is 7.21. The van der Waals surface area contributed by atoms with Gasteiger partial charge >= 0.3 is 5.63 Å². The smallest absolute Gasteiger partial charge is 0.349 e. The number of methoxy groups -OCH3 is 1. The average Bonchev–Trinajstić information content (AvgIpc) is 2.65. The molecular formula is C21H26ClFN2O4. The van der Waals surface area contributed by atoms with Gasteiger partial charge in [0.1, 0.15) is 23.2 Å². The molecule has 29 heavy (non-hydrogen) atoms. The summed E-state index contributed by atoms with van der Waals surface area (Å²) in [4.78, 5) is 26.5. The van der Waals surface area contributed by atoms with Gasteiger partial charge in [0, 0.05) is 19.0 Å². The molecule has 6 nitrogen and oxygen atoms in total. The summed E-state index contributed by atoms with van der Waals surface area (Å²) in [5.41, 5.74) is 6.67. The highest BCUT2D eigenvalue weighted by atomic mass is 35.5. The number of likely N-dealkylation sites (tertiary alicyclic amines) is 1. The lowest BCUT2D eigenvalue weighted by molar-refractivity contribution is 0.0601. The number of aryl methyl sites for hydroxylation is 3. The molecule has 0 spiro atoms. The van der Waals surface area contributed by atoms with Gasteiger partial charge in [-0.2, -0.15) is 0 Å². The van der Waals surface area contributed by atoms with E-state index in [1.807, 2.05) is 24.3 Å². The van der Waals surface area contributed by atoms with Crippen molar-refractivity contribution < 1.29 is 18.3 Å². The van der Waals surface area contributed by atoms with E-state index in [4.69, 9.17) is 14.9 Å². The molecule has 2 N–H and O–H groups in total. The van der Waals surface area contributed by atoms with Crippen molar-refractivity contribution in [1.29, 1.82) is 0 Å². The molecule has 1 aromatic heterocycles. The van der Waals surface area contributed by atoms with Gasteiger partial charge in [0.15, 0.2) is 0 Å². The van der Waals surface area contributed by atoms with E-state index in [0.29, 0.717) is 24.2 Å². The molecule has 1 aliphatic heterocycles. The number of amides is 1. The number of halogens is 2. The van der Waals surface area contributed by atoms with Crippen LogP contribution in [0.15, 0.2) is 39.5 Å². The van der Waals surface area contributed by atoms with Crippen LogP contribution >= 0.6 is 12.4 Å². The summed E-state index contributed by atoms with van der Waals surface area (Å²) in [6.45, 7) is 1.87. The standard InChI is InChI=1S/C21H25FN2O4.ClH/c1-13-9-18(8-5-14-3-6-17(27-2)7-4-14)28-21(26)19(13)20(25)24-11-15(22)10-16(23)12-24;/h3-4,6-7,9,15-16H,5,8,10-12,23H2,1-2H3;1H/t15-,16+;/m1./s1. The number of carbonyl (C=O) groups is 1. The minimum Gasteiger partial charge on any atom is -0.497 e.